The van der Waals surface area contributed by atoms with E-state index in [0.717, 1.165) is 12.8 Å². The fraction of sp³-hybridized carbons (Fsp3) is 0.800. The Morgan fingerprint density at radius 1 is 1.50 bits per heavy atom. The molecule has 0 atom stereocenters. The molecule has 8 heavy (non-hydrogen) atoms. The Labute approximate surface area is 66.3 Å². The molecule has 46 valence electrons. The molecule has 0 unspecified atom stereocenters. The number of hydrogen-bond donors (Lipinski definition) is 0. The normalized spacial score (nSPS) is 9.25. The fourth-order valence-electron chi connectivity index (χ4n) is 0.335. The Hall–Kier alpha value is 0.450. The lowest BCUT2D eigenvalue weighted by Gasteiger charge is -1.94. The van der Waals surface area contributed by atoms with Crippen molar-refractivity contribution >= 4 is 31.9 Å². The van der Waals surface area contributed by atoms with Crippen LogP contribution in [0.5, 0.6) is 0 Å². The van der Waals surface area contributed by atoms with Gasteiger partial charge < -0.3 is 0 Å². The van der Waals surface area contributed by atoms with Gasteiger partial charge in [-0.05, 0) is 12.8 Å². The van der Waals surface area contributed by atoms with Crippen molar-refractivity contribution < 1.29 is 0 Å². The maximum Gasteiger partial charge on any atom is 0.0698 e. The lowest BCUT2D eigenvalue weighted by Crippen LogP contribution is -1.82. The van der Waals surface area contributed by atoms with E-state index in [2.05, 4.69) is 37.9 Å². The summed E-state index contributed by atoms with van der Waals surface area (Å²) in [6.07, 6.45) is 2.65. The molecule has 0 aromatic heterocycles. The van der Waals surface area contributed by atoms with Gasteiger partial charge >= 0.3 is 0 Å². The summed E-state index contributed by atoms with van der Waals surface area (Å²) in [5.74, 6) is 0. The molecule has 0 saturated carbocycles. The van der Waals surface area contributed by atoms with Gasteiger partial charge in [-0.15, -0.1) is 0 Å². The lowest BCUT2D eigenvalue weighted by atomic mass is 10.3. The van der Waals surface area contributed by atoms with E-state index in [1.165, 1.54) is 0 Å². The zero-order valence-corrected chi connectivity index (χ0v) is 7.57. The van der Waals surface area contributed by atoms with E-state index in [9.17, 15) is 0 Å². The van der Waals surface area contributed by atoms with Crippen LogP contribution in [0.2, 0.25) is 0 Å². The van der Waals surface area contributed by atoms with Crippen LogP contribution in [0.4, 0.5) is 0 Å². The minimum atomic E-state index is 0.378. The summed E-state index contributed by atoms with van der Waals surface area (Å²) < 4.78 is 0.378. The molecule has 0 rings (SSSR count). The van der Waals surface area contributed by atoms with Gasteiger partial charge in [0.25, 0.3) is 0 Å². The Morgan fingerprint density at radius 3 is 2.50 bits per heavy atom. The molecule has 0 aliphatic rings. The summed E-state index contributed by atoms with van der Waals surface area (Å²) in [4.78, 5) is 0. The van der Waals surface area contributed by atoms with Crippen molar-refractivity contribution in [3.8, 4) is 6.07 Å². The molecule has 0 aromatic carbocycles. The average molecular weight is 241 g/mol. The fourth-order valence-corrected chi connectivity index (χ4v) is 0.983. The van der Waals surface area contributed by atoms with E-state index in [4.69, 9.17) is 5.26 Å². The van der Waals surface area contributed by atoms with Crippen LogP contribution < -0.4 is 0 Å². The zero-order valence-electron chi connectivity index (χ0n) is 4.40. The lowest BCUT2D eigenvalue weighted by molar-refractivity contribution is 0.820. The molecule has 0 aliphatic heterocycles. The van der Waals surface area contributed by atoms with E-state index in [-0.39, 0.29) is 0 Å². The Bertz CT molecular complexity index is 84.9. The number of nitriles is 1. The van der Waals surface area contributed by atoms with E-state index >= 15 is 0 Å². The molecule has 1 nitrogen and oxygen atoms in total. The molecule has 0 saturated heterocycles. The third-order valence-electron chi connectivity index (χ3n) is 0.711. The van der Waals surface area contributed by atoms with Crippen LogP contribution in [0, 0.1) is 11.3 Å². The van der Waals surface area contributed by atoms with E-state index in [0.29, 0.717) is 10.2 Å². The van der Waals surface area contributed by atoms with E-state index < -0.39 is 0 Å². The predicted octanol–water partition coefficient (Wildman–Crippen LogP) is 2.80. The maximum atomic E-state index is 8.10. The zero-order chi connectivity index (χ0) is 6.41. The number of halogens is 2. The second kappa shape index (κ2) is 5.58. The SMILES string of the molecule is N#CCCCC(Br)Br. The molecule has 0 bridgehead atoms. The van der Waals surface area contributed by atoms with E-state index in [1.54, 1.807) is 0 Å². The van der Waals surface area contributed by atoms with Crippen LogP contribution in [0.1, 0.15) is 19.3 Å². The molecule has 0 fully saturated rings. The largest absolute Gasteiger partial charge is 0.198 e. The highest BCUT2D eigenvalue weighted by Crippen LogP contribution is 2.15. The van der Waals surface area contributed by atoms with Crippen LogP contribution in [-0.4, -0.2) is 3.74 Å². The van der Waals surface area contributed by atoms with Gasteiger partial charge in [0.1, 0.15) is 0 Å². The third-order valence-corrected chi connectivity index (χ3v) is 1.63. The summed E-state index contributed by atoms with van der Waals surface area (Å²) in [5.41, 5.74) is 0. The molecule has 3 heteroatoms. The first-order valence-corrected chi connectivity index (χ1v) is 4.25. The molecule has 0 radical (unpaired) electrons. The van der Waals surface area contributed by atoms with Gasteiger partial charge in [-0.2, -0.15) is 5.26 Å². The van der Waals surface area contributed by atoms with Gasteiger partial charge in [-0.3, -0.25) is 0 Å². The van der Waals surface area contributed by atoms with E-state index in [1.807, 2.05) is 0 Å². The number of alkyl halides is 2. The summed E-state index contributed by atoms with van der Waals surface area (Å²) >= 11 is 6.62. The summed E-state index contributed by atoms with van der Waals surface area (Å²) in [6, 6.07) is 2.08. The first-order valence-electron chi connectivity index (χ1n) is 2.42. The van der Waals surface area contributed by atoms with Crippen LogP contribution in [0.3, 0.4) is 0 Å². The van der Waals surface area contributed by atoms with Crippen LogP contribution >= 0.6 is 31.9 Å². The molecule has 0 spiro atoms. The summed E-state index contributed by atoms with van der Waals surface area (Å²) in [6.45, 7) is 0. The minimum Gasteiger partial charge on any atom is -0.198 e. The summed E-state index contributed by atoms with van der Waals surface area (Å²) in [5, 5.41) is 8.10. The molecule has 0 aliphatic carbocycles. The van der Waals surface area contributed by atoms with Gasteiger partial charge in [-0.1, -0.05) is 31.9 Å². The number of unbranched alkanes of at least 4 members (excludes halogenated alkanes) is 1. The Morgan fingerprint density at radius 2 is 2.12 bits per heavy atom. The third kappa shape index (κ3) is 6.45. The highest BCUT2D eigenvalue weighted by molar-refractivity contribution is 9.24. The van der Waals surface area contributed by atoms with Crippen LogP contribution in [-0.2, 0) is 0 Å². The van der Waals surface area contributed by atoms with Crippen molar-refractivity contribution in [3.05, 3.63) is 0 Å². The van der Waals surface area contributed by atoms with Crippen molar-refractivity contribution in [3.63, 3.8) is 0 Å². The average Bonchev–Trinajstić information content (AvgIpc) is 1.66. The second-order valence-corrected chi connectivity index (χ2v) is 4.88. The smallest absolute Gasteiger partial charge is 0.0698 e. The van der Waals surface area contributed by atoms with Gasteiger partial charge in [0, 0.05) is 6.42 Å². The monoisotopic (exact) mass is 239 g/mol. The molecular formula is C5H7Br2N. The van der Waals surface area contributed by atoms with Crippen LogP contribution in [0.15, 0.2) is 0 Å². The number of rotatable bonds is 3. The van der Waals surface area contributed by atoms with Crippen molar-refractivity contribution in [2.24, 2.45) is 0 Å². The Balaban J connectivity index is 2.85. The topological polar surface area (TPSA) is 23.8 Å². The quantitative estimate of drug-likeness (QED) is 0.550. The van der Waals surface area contributed by atoms with Gasteiger partial charge in [0.2, 0.25) is 0 Å². The maximum absolute atomic E-state index is 8.10. The number of nitrogens with zero attached hydrogens (tertiary/aromatic N) is 1. The molecule has 0 aromatic rings. The molecule has 0 heterocycles. The molecule has 0 amide bonds. The van der Waals surface area contributed by atoms with Gasteiger partial charge in [0.15, 0.2) is 0 Å². The van der Waals surface area contributed by atoms with Crippen LogP contribution in [0.25, 0.3) is 0 Å². The van der Waals surface area contributed by atoms with Crippen molar-refractivity contribution in [2.75, 3.05) is 0 Å². The minimum absolute atomic E-state index is 0.378. The number of hydrogen-bond acceptors (Lipinski definition) is 1. The summed E-state index contributed by atoms with van der Waals surface area (Å²) in [7, 11) is 0. The van der Waals surface area contributed by atoms with Crippen molar-refractivity contribution in [2.45, 2.75) is 23.0 Å². The Kier molecular flexibility index (Phi) is 5.90. The molecule has 0 N–H and O–H groups in total. The van der Waals surface area contributed by atoms with Gasteiger partial charge in [-0.25, -0.2) is 0 Å². The first-order chi connectivity index (χ1) is 3.77. The predicted molar refractivity (Wildman–Crippen MR) is 41.1 cm³/mol. The van der Waals surface area contributed by atoms with Crippen molar-refractivity contribution in [1.29, 1.82) is 5.26 Å². The van der Waals surface area contributed by atoms with Gasteiger partial charge in [0.05, 0.1) is 9.81 Å². The first kappa shape index (κ1) is 8.45. The highest BCUT2D eigenvalue weighted by Gasteiger charge is 1.94. The highest BCUT2D eigenvalue weighted by atomic mass is 79.9. The standard InChI is InChI=1S/C5H7Br2N/c6-5(7)3-1-2-4-8/h5H,1-3H2. The molecular weight excluding hydrogens is 234 g/mol. The second-order valence-electron chi connectivity index (χ2n) is 1.44. The van der Waals surface area contributed by atoms with Crippen molar-refractivity contribution in [1.82, 2.24) is 0 Å².